The van der Waals surface area contributed by atoms with E-state index in [4.69, 9.17) is 28.4 Å². The summed E-state index contributed by atoms with van der Waals surface area (Å²) in [5.74, 6) is -2.30. The number of cyclic esters (lactones) is 1. The van der Waals surface area contributed by atoms with Crippen molar-refractivity contribution in [2.75, 3.05) is 7.11 Å². The first-order valence-corrected chi connectivity index (χ1v) is 19.0. The maximum Gasteiger partial charge on any atom is 0.343 e. The van der Waals surface area contributed by atoms with Crippen LogP contribution in [0.4, 0.5) is 0 Å². The van der Waals surface area contributed by atoms with Gasteiger partial charge in [-0.1, -0.05) is 53.9 Å². The van der Waals surface area contributed by atoms with Crippen LogP contribution in [0, 0.1) is 0 Å². The lowest BCUT2D eigenvalue weighted by atomic mass is 9.97. The molecule has 0 spiro atoms. The zero-order valence-corrected chi connectivity index (χ0v) is 33.2. The smallest absolute Gasteiger partial charge is 0.343 e. The van der Waals surface area contributed by atoms with Gasteiger partial charge < -0.3 is 28.4 Å². The van der Waals surface area contributed by atoms with Crippen LogP contribution < -0.4 is 9.47 Å². The average Bonchev–Trinajstić information content (AvgIpc) is 3.92. The van der Waals surface area contributed by atoms with Crippen LogP contribution in [0.5, 0.6) is 11.5 Å². The molecule has 4 aromatic rings. The summed E-state index contributed by atoms with van der Waals surface area (Å²) in [7, 11) is 1.46. The van der Waals surface area contributed by atoms with Crippen molar-refractivity contribution in [1.29, 1.82) is 0 Å². The maximum atomic E-state index is 13.9. The van der Waals surface area contributed by atoms with E-state index in [1.54, 1.807) is 97.9 Å². The summed E-state index contributed by atoms with van der Waals surface area (Å²) in [5, 5.41) is 0. The lowest BCUT2D eigenvalue weighted by molar-refractivity contribution is -0.0248. The Morgan fingerprint density at radius 3 is 1.85 bits per heavy atom. The van der Waals surface area contributed by atoms with E-state index in [0.29, 0.717) is 28.9 Å². The van der Waals surface area contributed by atoms with Crippen LogP contribution in [0.1, 0.15) is 79.3 Å². The number of fused-ring (bicyclic) bond motifs is 3. The quantitative estimate of drug-likeness (QED) is 0.0582. The molecule has 53 heavy (non-hydrogen) atoms. The fourth-order valence-corrected chi connectivity index (χ4v) is 6.55. The Bertz CT molecular complexity index is 2010. The summed E-state index contributed by atoms with van der Waals surface area (Å²) in [4.78, 5) is 53.9. The zero-order chi connectivity index (χ0) is 37.6. The van der Waals surface area contributed by atoms with E-state index in [1.165, 1.54) is 13.2 Å². The second-order valence-corrected chi connectivity index (χ2v) is 15.1. The van der Waals surface area contributed by atoms with Gasteiger partial charge in [0.25, 0.3) is 0 Å². The van der Waals surface area contributed by atoms with Gasteiger partial charge in [-0.15, -0.1) is 0 Å². The molecule has 4 aromatic carbocycles. The number of benzene rings is 4. The second kappa shape index (κ2) is 17.2. The molecule has 1 fully saturated rings. The summed E-state index contributed by atoms with van der Waals surface area (Å²) in [6, 6.07) is 23.2. The van der Waals surface area contributed by atoms with Crippen LogP contribution in [0.25, 0.3) is 0 Å². The van der Waals surface area contributed by atoms with Crippen LogP contribution in [-0.4, -0.2) is 55.4 Å². The Hall–Kier alpha value is -4.30. The molecule has 6 rings (SSSR count). The average molecular weight is 913 g/mol. The molecule has 2 heterocycles. The minimum atomic E-state index is -0.995. The van der Waals surface area contributed by atoms with Crippen LogP contribution >= 0.6 is 47.8 Å². The third-order valence-corrected chi connectivity index (χ3v) is 10.2. The predicted octanol–water partition coefficient (Wildman–Crippen LogP) is 9.38. The highest BCUT2D eigenvalue weighted by molar-refractivity contribution is 9.11. The number of epoxide rings is 1. The van der Waals surface area contributed by atoms with Gasteiger partial charge in [0.05, 0.1) is 29.9 Å². The van der Waals surface area contributed by atoms with Crippen molar-refractivity contribution >= 4 is 71.7 Å². The highest BCUT2D eigenvalue weighted by Crippen LogP contribution is 2.47. The van der Waals surface area contributed by atoms with Crippen LogP contribution in [0.15, 0.2) is 110 Å². The standard InChI is InChI=1S/C40H33Br3O10/c1-22-4-3-5-31(51-37(44)23-6-12-26(41)13-7-23)32(52-38(45)24-8-14-27(42)15-9-24)18-19-33-36(50-33)30-20-29(48-2)21-34(35(30)40(47)49-22)53-39(46)25-10-16-28(43)17-11-25/h3,5-17,20-22,31-33,36H,4,18-19H2,1-2H3/b5-3+/t22-,31-,32-,33+,36+/m0/s1. The highest BCUT2D eigenvalue weighted by atomic mass is 79.9. The summed E-state index contributed by atoms with van der Waals surface area (Å²) in [6.45, 7) is 1.70. The monoisotopic (exact) mass is 910 g/mol. The number of halogens is 3. The fourth-order valence-electron chi connectivity index (χ4n) is 5.75. The number of esters is 4. The van der Waals surface area contributed by atoms with Crippen molar-refractivity contribution in [2.24, 2.45) is 0 Å². The highest BCUT2D eigenvalue weighted by Gasteiger charge is 2.45. The number of carbonyl (C=O) groups excluding carboxylic acids is 4. The minimum Gasteiger partial charge on any atom is -0.497 e. The molecule has 274 valence electrons. The zero-order valence-electron chi connectivity index (χ0n) is 28.5. The van der Waals surface area contributed by atoms with Gasteiger partial charge in [-0.05, 0) is 105 Å². The van der Waals surface area contributed by atoms with Crippen molar-refractivity contribution in [3.8, 4) is 11.5 Å². The van der Waals surface area contributed by atoms with E-state index in [1.807, 2.05) is 0 Å². The summed E-state index contributed by atoms with van der Waals surface area (Å²) >= 11 is 10.1. The third kappa shape index (κ3) is 9.82. The van der Waals surface area contributed by atoms with E-state index >= 15 is 0 Å². The van der Waals surface area contributed by atoms with Crippen molar-refractivity contribution in [3.63, 3.8) is 0 Å². The first-order chi connectivity index (χ1) is 25.5. The SMILES string of the molecule is COc1cc(OC(=O)c2ccc(Br)cc2)c2c(c1)[C@H]1O[C@@H]1CC[C@H](OC(=O)c1ccc(Br)cc1)[C@@H](OC(=O)c1ccc(Br)cc1)/C=C/C[C@H](C)OC2=O. The van der Waals surface area contributed by atoms with Gasteiger partial charge in [-0.25, -0.2) is 19.2 Å². The van der Waals surface area contributed by atoms with Gasteiger partial charge in [0, 0.05) is 31.5 Å². The molecule has 5 atom stereocenters. The maximum absolute atomic E-state index is 13.9. The fraction of sp³-hybridized carbons (Fsp3) is 0.250. The van der Waals surface area contributed by atoms with Crippen molar-refractivity contribution in [2.45, 2.75) is 56.7 Å². The molecule has 13 heteroatoms. The Kier molecular flexibility index (Phi) is 12.5. The van der Waals surface area contributed by atoms with Crippen LogP contribution in [0.2, 0.25) is 0 Å². The van der Waals surface area contributed by atoms with Gasteiger partial charge in [0.15, 0.2) is 6.10 Å². The Morgan fingerprint density at radius 1 is 0.736 bits per heavy atom. The van der Waals surface area contributed by atoms with Gasteiger partial charge in [0.1, 0.15) is 35.4 Å². The molecule has 0 aliphatic carbocycles. The molecule has 10 nitrogen and oxygen atoms in total. The van der Waals surface area contributed by atoms with E-state index in [9.17, 15) is 19.2 Å². The number of ether oxygens (including phenoxy) is 6. The molecule has 0 saturated carbocycles. The molecular formula is C40H33Br3O10. The second-order valence-electron chi connectivity index (χ2n) is 12.4. The summed E-state index contributed by atoms with van der Waals surface area (Å²) in [5.41, 5.74) is 1.36. The van der Waals surface area contributed by atoms with Crippen molar-refractivity contribution < 1.29 is 47.6 Å². The first-order valence-electron chi connectivity index (χ1n) is 16.6. The number of rotatable bonds is 7. The van der Waals surface area contributed by atoms with E-state index in [2.05, 4.69) is 47.8 Å². The van der Waals surface area contributed by atoms with E-state index < -0.39 is 54.4 Å². The molecule has 1 saturated heterocycles. The lowest BCUT2D eigenvalue weighted by Crippen LogP contribution is -2.34. The van der Waals surface area contributed by atoms with E-state index in [0.717, 1.165) is 13.4 Å². The number of methoxy groups -OCH3 is 1. The Morgan fingerprint density at radius 2 is 1.28 bits per heavy atom. The molecule has 0 aromatic heterocycles. The largest absolute Gasteiger partial charge is 0.497 e. The van der Waals surface area contributed by atoms with Crippen molar-refractivity contribution in [1.82, 2.24) is 0 Å². The van der Waals surface area contributed by atoms with Gasteiger partial charge >= 0.3 is 23.9 Å². The summed E-state index contributed by atoms with van der Waals surface area (Å²) in [6.07, 6.45) is 0.511. The molecule has 0 N–H and O–H groups in total. The number of carbonyl (C=O) groups is 4. The van der Waals surface area contributed by atoms with Gasteiger partial charge in [0.2, 0.25) is 0 Å². The van der Waals surface area contributed by atoms with Gasteiger partial charge in [-0.3, -0.25) is 0 Å². The number of hydrogen-bond donors (Lipinski definition) is 0. The Labute approximate surface area is 331 Å². The summed E-state index contributed by atoms with van der Waals surface area (Å²) < 4.78 is 37.8. The predicted molar refractivity (Wildman–Crippen MR) is 204 cm³/mol. The lowest BCUT2D eigenvalue weighted by Gasteiger charge is -2.25. The molecule has 0 amide bonds. The van der Waals surface area contributed by atoms with Crippen LogP contribution in [-0.2, 0) is 18.9 Å². The Balaban J connectivity index is 1.32. The van der Waals surface area contributed by atoms with Gasteiger partial charge in [-0.2, -0.15) is 0 Å². The molecular weight excluding hydrogens is 880 g/mol. The normalized spacial score (nSPS) is 21.8. The third-order valence-electron chi connectivity index (χ3n) is 8.58. The first kappa shape index (κ1) is 38.4. The molecule has 0 radical (unpaired) electrons. The topological polar surface area (TPSA) is 127 Å². The number of hydrogen-bond acceptors (Lipinski definition) is 10. The van der Waals surface area contributed by atoms with Crippen molar-refractivity contribution in [3.05, 3.63) is 138 Å². The van der Waals surface area contributed by atoms with E-state index in [-0.39, 0.29) is 29.7 Å². The molecule has 2 aliphatic rings. The van der Waals surface area contributed by atoms with Crippen LogP contribution in [0.3, 0.4) is 0 Å². The molecule has 0 bridgehead atoms. The molecule has 0 unspecified atom stereocenters. The minimum absolute atomic E-state index is 0.0381. The molecule has 2 aliphatic heterocycles.